The predicted molar refractivity (Wildman–Crippen MR) is 64.6 cm³/mol. The van der Waals surface area contributed by atoms with Crippen LogP contribution in [0.25, 0.3) is 0 Å². The molecule has 0 radical (unpaired) electrons. The van der Waals surface area contributed by atoms with Gasteiger partial charge in [0.15, 0.2) is 0 Å². The SMILES string of the molecule is CCC(CNC(=O)OC)C(=O)N(C)C1CCC1. The van der Waals surface area contributed by atoms with Crippen molar-refractivity contribution in [2.75, 3.05) is 20.7 Å². The lowest BCUT2D eigenvalue weighted by molar-refractivity contribution is -0.137. The van der Waals surface area contributed by atoms with Crippen molar-refractivity contribution >= 4 is 12.0 Å². The average molecular weight is 242 g/mol. The van der Waals surface area contributed by atoms with Crippen molar-refractivity contribution in [3.63, 3.8) is 0 Å². The molecule has 98 valence electrons. The van der Waals surface area contributed by atoms with E-state index in [9.17, 15) is 9.59 Å². The standard InChI is InChI=1S/C12H22N2O3/c1-4-9(8-13-12(16)17-3)11(15)14(2)10-6-5-7-10/h9-10H,4-8H2,1-3H3,(H,13,16). The highest BCUT2D eigenvalue weighted by atomic mass is 16.5. The van der Waals surface area contributed by atoms with Crippen LogP contribution in [0.5, 0.6) is 0 Å². The molecule has 0 saturated heterocycles. The smallest absolute Gasteiger partial charge is 0.406 e. The van der Waals surface area contributed by atoms with Crippen LogP contribution in [0.3, 0.4) is 0 Å². The Hall–Kier alpha value is -1.26. The quantitative estimate of drug-likeness (QED) is 0.792. The zero-order valence-electron chi connectivity index (χ0n) is 10.9. The molecule has 0 aliphatic heterocycles. The van der Waals surface area contributed by atoms with Crippen LogP contribution in [0.1, 0.15) is 32.6 Å². The van der Waals surface area contributed by atoms with Gasteiger partial charge in [0.25, 0.3) is 0 Å². The van der Waals surface area contributed by atoms with Gasteiger partial charge in [-0.3, -0.25) is 4.79 Å². The highest BCUT2D eigenvalue weighted by Crippen LogP contribution is 2.25. The van der Waals surface area contributed by atoms with E-state index in [-0.39, 0.29) is 11.8 Å². The van der Waals surface area contributed by atoms with Crippen molar-refractivity contribution < 1.29 is 14.3 Å². The van der Waals surface area contributed by atoms with Gasteiger partial charge in [-0.25, -0.2) is 4.79 Å². The Kier molecular flexibility index (Phi) is 5.25. The second-order valence-electron chi connectivity index (χ2n) is 4.51. The molecule has 0 aromatic rings. The molecule has 17 heavy (non-hydrogen) atoms. The van der Waals surface area contributed by atoms with Crippen LogP contribution < -0.4 is 5.32 Å². The summed E-state index contributed by atoms with van der Waals surface area (Å²) in [6, 6.07) is 0.398. The van der Waals surface area contributed by atoms with Crippen molar-refractivity contribution in [3.05, 3.63) is 0 Å². The summed E-state index contributed by atoms with van der Waals surface area (Å²) in [6.07, 6.45) is 3.65. The van der Waals surface area contributed by atoms with E-state index in [1.807, 2.05) is 18.9 Å². The summed E-state index contributed by atoms with van der Waals surface area (Å²) >= 11 is 0. The van der Waals surface area contributed by atoms with Gasteiger partial charge in [-0.15, -0.1) is 0 Å². The molecule has 0 aromatic carbocycles. The highest BCUT2D eigenvalue weighted by molar-refractivity contribution is 5.80. The third kappa shape index (κ3) is 3.61. The first-order valence-corrected chi connectivity index (χ1v) is 6.18. The normalized spacial score (nSPS) is 16.9. The first-order chi connectivity index (χ1) is 8.10. The topological polar surface area (TPSA) is 58.6 Å². The van der Waals surface area contributed by atoms with Crippen LogP contribution in [-0.4, -0.2) is 43.6 Å². The van der Waals surface area contributed by atoms with Gasteiger partial charge in [-0.2, -0.15) is 0 Å². The van der Waals surface area contributed by atoms with Gasteiger partial charge in [0.05, 0.1) is 13.0 Å². The molecule has 1 fully saturated rings. The molecule has 2 amide bonds. The summed E-state index contributed by atoms with van der Waals surface area (Å²) in [7, 11) is 3.17. The summed E-state index contributed by atoms with van der Waals surface area (Å²) in [4.78, 5) is 24.9. The largest absolute Gasteiger partial charge is 0.453 e. The number of carbonyl (C=O) groups is 2. The zero-order chi connectivity index (χ0) is 12.8. The number of hydrogen-bond acceptors (Lipinski definition) is 3. The van der Waals surface area contributed by atoms with Crippen molar-refractivity contribution in [1.82, 2.24) is 10.2 Å². The number of methoxy groups -OCH3 is 1. The first-order valence-electron chi connectivity index (χ1n) is 6.18. The highest BCUT2D eigenvalue weighted by Gasteiger charge is 2.29. The fourth-order valence-electron chi connectivity index (χ4n) is 1.93. The molecule has 1 atom stereocenters. The van der Waals surface area contributed by atoms with Gasteiger partial charge in [0.2, 0.25) is 5.91 Å². The van der Waals surface area contributed by atoms with E-state index in [1.54, 1.807) is 0 Å². The summed E-state index contributed by atoms with van der Waals surface area (Å²) in [5.74, 6) is -0.0340. The summed E-state index contributed by atoms with van der Waals surface area (Å²) in [5, 5.41) is 2.59. The maximum Gasteiger partial charge on any atom is 0.406 e. The summed E-state index contributed by atoms with van der Waals surface area (Å²) in [5.41, 5.74) is 0. The Morgan fingerprint density at radius 3 is 2.53 bits per heavy atom. The Bertz CT molecular complexity index is 277. The Balaban J connectivity index is 2.42. The van der Waals surface area contributed by atoms with Crippen molar-refractivity contribution in [2.45, 2.75) is 38.6 Å². The molecule has 0 spiro atoms. The van der Waals surface area contributed by atoms with Gasteiger partial charge >= 0.3 is 6.09 Å². The van der Waals surface area contributed by atoms with Gasteiger partial charge in [0, 0.05) is 19.6 Å². The molecule has 1 rings (SSSR count). The van der Waals surface area contributed by atoms with E-state index in [1.165, 1.54) is 13.5 Å². The fourth-order valence-corrected chi connectivity index (χ4v) is 1.93. The molecule has 5 heteroatoms. The van der Waals surface area contributed by atoms with Crippen molar-refractivity contribution in [2.24, 2.45) is 5.92 Å². The number of nitrogens with zero attached hydrogens (tertiary/aromatic N) is 1. The lowest BCUT2D eigenvalue weighted by Gasteiger charge is -2.36. The lowest BCUT2D eigenvalue weighted by atomic mass is 9.90. The Labute approximate surface area is 102 Å². The Morgan fingerprint density at radius 2 is 2.12 bits per heavy atom. The second kappa shape index (κ2) is 6.47. The van der Waals surface area contributed by atoms with Gasteiger partial charge in [-0.05, 0) is 25.7 Å². The van der Waals surface area contributed by atoms with Gasteiger partial charge in [-0.1, -0.05) is 6.92 Å². The molecule has 1 aliphatic carbocycles. The lowest BCUT2D eigenvalue weighted by Crippen LogP contribution is -2.46. The molecular formula is C12H22N2O3. The maximum atomic E-state index is 12.1. The van der Waals surface area contributed by atoms with Crippen LogP contribution in [0, 0.1) is 5.92 Å². The third-order valence-corrected chi connectivity index (χ3v) is 3.49. The third-order valence-electron chi connectivity index (χ3n) is 3.49. The number of rotatable bonds is 5. The zero-order valence-corrected chi connectivity index (χ0v) is 10.9. The Morgan fingerprint density at radius 1 is 1.47 bits per heavy atom. The number of carbonyl (C=O) groups excluding carboxylic acids is 2. The number of hydrogen-bond donors (Lipinski definition) is 1. The number of nitrogens with one attached hydrogen (secondary N) is 1. The fraction of sp³-hybridized carbons (Fsp3) is 0.833. The second-order valence-corrected chi connectivity index (χ2v) is 4.51. The minimum Gasteiger partial charge on any atom is -0.453 e. The number of alkyl carbamates (subject to hydrolysis) is 1. The van der Waals surface area contributed by atoms with E-state index in [0.29, 0.717) is 12.6 Å². The molecule has 1 N–H and O–H groups in total. The maximum absolute atomic E-state index is 12.1. The summed E-state index contributed by atoms with van der Waals surface area (Å²) < 4.78 is 4.49. The molecule has 1 aliphatic rings. The van der Waals surface area contributed by atoms with E-state index >= 15 is 0 Å². The van der Waals surface area contributed by atoms with Crippen LogP contribution in [-0.2, 0) is 9.53 Å². The van der Waals surface area contributed by atoms with Gasteiger partial charge in [0.1, 0.15) is 0 Å². The summed E-state index contributed by atoms with van der Waals surface area (Å²) in [6.45, 7) is 2.30. The van der Waals surface area contributed by atoms with E-state index in [4.69, 9.17) is 0 Å². The minimum absolute atomic E-state index is 0.119. The predicted octanol–water partition coefficient (Wildman–Crippen LogP) is 1.38. The van der Waals surface area contributed by atoms with Gasteiger partial charge < -0.3 is 15.0 Å². The molecule has 0 bridgehead atoms. The molecule has 1 saturated carbocycles. The molecular weight excluding hydrogens is 220 g/mol. The van der Waals surface area contributed by atoms with E-state index in [2.05, 4.69) is 10.1 Å². The van der Waals surface area contributed by atoms with Crippen LogP contribution in [0.4, 0.5) is 4.79 Å². The van der Waals surface area contributed by atoms with E-state index in [0.717, 1.165) is 19.3 Å². The monoisotopic (exact) mass is 242 g/mol. The number of ether oxygens (including phenoxy) is 1. The molecule has 0 heterocycles. The average Bonchev–Trinajstić information content (AvgIpc) is 2.26. The van der Waals surface area contributed by atoms with Crippen molar-refractivity contribution in [1.29, 1.82) is 0 Å². The molecule has 1 unspecified atom stereocenters. The van der Waals surface area contributed by atoms with Crippen LogP contribution in [0.2, 0.25) is 0 Å². The van der Waals surface area contributed by atoms with Crippen molar-refractivity contribution in [3.8, 4) is 0 Å². The minimum atomic E-state index is -0.484. The van der Waals surface area contributed by atoms with Crippen LogP contribution >= 0.6 is 0 Å². The first kappa shape index (κ1) is 13.8. The molecule has 5 nitrogen and oxygen atoms in total. The van der Waals surface area contributed by atoms with Crippen LogP contribution in [0.15, 0.2) is 0 Å². The van der Waals surface area contributed by atoms with E-state index < -0.39 is 6.09 Å². The molecule has 0 aromatic heterocycles. The number of amides is 2.